The van der Waals surface area contributed by atoms with Gasteiger partial charge in [0.05, 0.1) is 0 Å². The van der Waals surface area contributed by atoms with E-state index in [0.717, 1.165) is 0 Å². The van der Waals surface area contributed by atoms with E-state index in [1.165, 1.54) is 0 Å². The second-order valence-electron chi connectivity index (χ2n) is 3.18. The molecule has 7 heteroatoms. The van der Waals surface area contributed by atoms with Crippen molar-refractivity contribution in [2.24, 2.45) is 0 Å². The predicted octanol–water partition coefficient (Wildman–Crippen LogP) is 0.572. The third kappa shape index (κ3) is 12.9. The summed E-state index contributed by atoms with van der Waals surface area (Å²) in [6.45, 7) is 5.89. The maximum absolute atomic E-state index is 5.45. The number of methoxy groups -OCH3 is 2. The number of hydrogen-bond donors (Lipinski definition) is 0. The van der Waals surface area contributed by atoms with E-state index in [2.05, 4.69) is 0 Å². The molecule has 2 radical (unpaired) electrons. The van der Waals surface area contributed by atoms with E-state index in [9.17, 15) is 0 Å². The standard InChI is InChI=1S/2C5H11O3.Pb/c2*1-5(6)8-4-3-7-2;/h2*5H,3-4H2,1-2H3;/q2*-1;+2. The second kappa shape index (κ2) is 13.1. The first-order valence-corrected chi connectivity index (χ1v) is 8.65. The number of rotatable bonds is 12. The van der Waals surface area contributed by atoms with Crippen LogP contribution in [0.5, 0.6) is 0 Å². The zero-order chi connectivity index (χ0) is 12.9. The molecule has 0 aliphatic carbocycles. The first-order valence-electron chi connectivity index (χ1n) is 5.48. The molecule has 0 amide bonds. The van der Waals surface area contributed by atoms with Gasteiger partial charge in [-0.3, -0.25) is 0 Å². The Morgan fingerprint density at radius 3 is 1.53 bits per heavy atom. The summed E-state index contributed by atoms with van der Waals surface area (Å²) in [6.07, 6.45) is -0.473. The van der Waals surface area contributed by atoms with Crippen LogP contribution in [0.4, 0.5) is 0 Å². The Kier molecular flexibility index (Phi) is 13.6. The predicted molar refractivity (Wildman–Crippen MR) is 62.5 cm³/mol. The van der Waals surface area contributed by atoms with Crippen molar-refractivity contribution in [3.05, 3.63) is 0 Å². The SMILES string of the molecule is COCCOC(C)[O][Pb][O]C(C)OCCOC. The van der Waals surface area contributed by atoms with E-state index in [1.807, 2.05) is 13.8 Å². The molecule has 0 heterocycles. The summed E-state index contributed by atoms with van der Waals surface area (Å²) in [5.41, 5.74) is 0. The van der Waals surface area contributed by atoms with Crippen molar-refractivity contribution >= 4 is 25.1 Å². The van der Waals surface area contributed by atoms with Gasteiger partial charge >= 0.3 is 117 Å². The third-order valence-corrected chi connectivity index (χ3v) is 5.04. The van der Waals surface area contributed by atoms with E-state index in [4.69, 9.17) is 24.3 Å². The molecule has 0 aromatic heterocycles. The van der Waals surface area contributed by atoms with E-state index in [0.29, 0.717) is 26.4 Å². The summed E-state index contributed by atoms with van der Waals surface area (Å²) in [6, 6.07) is 0. The first kappa shape index (κ1) is 17.7. The minimum absolute atomic E-state index is 0.236. The second-order valence-corrected chi connectivity index (χ2v) is 5.66. The molecule has 0 rings (SSSR count). The minimum atomic E-state index is -1.57. The molecule has 0 saturated heterocycles. The fourth-order valence-corrected chi connectivity index (χ4v) is 2.62. The van der Waals surface area contributed by atoms with Gasteiger partial charge in [-0.25, -0.2) is 0 Å². The zero-order valence-electron chi connectivity index (χ0n) is 10.9. The van der Waals surface area contributed by atoms with Crippen molar-refractivity contribution in [1.29, 1.82) is 0 Å². The van der Waals surface area contributed by atoms with Crippen LogP contribution in [0.25, 0.3) is 0 Å². The summed E-state index contributed by atoms with van der Waals surface area (Å²) in [5.74, 6) is 0. The van der Waals surface area contributed by atoms with Crippen molar-refractivity contribution in [3.63, 3.8) is 0 Å². The van der Waals surface area contributed by atoms with Crippen LogP contribution in [0.1, 0.15) is 13.8 Å². The normalized spacial score (nSPS) is 14.8. The molecule has 17 heavy (non-hydrogen) atoms. The topological polar surface area (TPSA) is 55.4 Å². The third-order valence-electron chi connectivity index (χ3n) is 1.71. The van der Waals surface area contributed by atoms with E-state index in [-0.39, 0.29) is 12.6 Å². The molecule has 0 aliphatic rings. The van der Waals surface area contributed by atoms with Gasteiger partial charge in [0.2, 0.25) is 0 Å². The van der Waals surface area contributed by atoms with Crippen molar-refractivity contribution in [2.45, 2.75) is 26.4 Å². The summed E-state index contributed by atoms with van der Waals surface area (Å²) in [4.78, 5) is 0. The molecule has 2 unspecified atom stereocenters. The van der Waals surface area contributed by atoms with Crippen LogP contribution >= 0.6 is 0 Å². The Morgan fingerprint density at radius 2 is 1.18 bits per heavy atom. The fourth-order valence-electron chi connectivity index (χ4n) is 0.826. The molecule has 0 N–H and O–H groups in total. The van der Waals surface area contributed by atoms with Gasteiger partial charge in [0.25, 0.3) is 0 Å². The average molecular weight is 445 g/mol. The van der Waals surface area contributed by atoms with E-state index in [1.54, 1.807) is 14.2 Å². The van der Waals surface area contributed by atoms with Crippen LogP contribution in [0.2, 0.25) is 0 Å². The number of hydrogen-bond acceptors (Lipinski definition) is 6. The molecule has 0 spiro atoms. The monoisotopic (exact) mass is 446 g/mol. The molecule has 0 aliphatic heterocycles. The Bertz CT molecular complexity index is 144. The van der Waals surface area contributed by atoms with E-state index >= 15 is 0 Å². The summed E-state index contributed by atoms with van der Waals surface area (Å²) < 4.78 is 31.3. The van der Waals surface area contributed by atoms with Crippen LogP contribution in [0, 0.1) is 0 Å². The molecule has 0 bridgehead atoms. The Morgan fingerprint density at radius 1 is 0.765 bits per heavy atom. The average Bonchev–Trinajstić information content (AvgIpc) is 2.30. The molecule has 0 fully saturated rings. The van der Waals surface area contributed by atoms with E-state index < -0.39 is 25.1 Å². The summed E-state index contributed by atoms with van der Waals surface area (Å²) in [7, 11) is 3.27. The zero-order valence-corrected chi connectivity index (χ0v) is 14.8. The summed E-state index contributed by atoms with van der Waals surface area (Å²) >= 11 is -1.57. The van der Waals surface area contributed by atoms with Gasteiger partial charge in [-0.1, -0.05) is 0 Å². The fraction of sp³-hybridized carbons (Fsp3) is 1.00. The maximum atomic E-state index is 5.45. The Hall–Kier alpha value is 0.682. The van der Waals surface area contributed by atoms with Crippen molar-refractivity contribution in [1.82, 2.24) is 0 Å². The van der Waals surface area contributed by atoms with Crippen LogP contribution in [0.3, 0.4) is 0 Å². The van der Waals surface area contributed by atoms with Gasteiger partial charge in [-0.2, -0.15) is 0 Å². The molecule has 102 valence electrons. The molecule has 0 aromatic carbocycles. The molecule has 0 aromatic rings. The van der Waals surface area contributed by atoms with Gasteiger partial charge < -0.3 is 0 Å². The van der Waals surface area contributed by atoms with Gasteiger partial charge in [0.15, 0.2) is 0 Å². The van der Waals surface area contributed by atoms with Crippen LogP contribution in [0.15, 0.2) is 0 Å². The number of ether oxygens (including phenoxy) is 4. The summed E-state index contributed by atoms with van der Waals surface area (Å²) in [5, 5.41) is 0. The Labute approximate surface area is 116 Å². The van der Waals surface area contributed by atoms with Crippen LogP contribution in [-0.4, -0.2) is 78.4 Å². The van der Waals surface area contributed by atoms with Crippen LogP contribution < -0.4 is 0 Å². The molecule has 0 saturated carbocycles. The quantitative estimate of drug-likeness (QED) is 0.249. The van der Waals surface area contributed by atoms with Gasteiger partial charge in [0.1, 0.15) is 0 Å². The van der Waals surface area contributed by atoms with Crippen LogP contribution in [-0.2, 0) is 24.3 Å². The molecular formula is C10H22O6Pb. The van der Waals surface area contributed by atoms with Crippen molar-refractivity contribution < 1.29 is 24.3 Å². The van der Waals surface area contributed by atoms with Crippen molar-refractivity contribution in [3.8, 4) is 0 Å². The van der Waals surface area contributed by atoms with Crippen molar-refractivity contribution in [2.75, 3.05) is 40.6 Å². The molecular weight excluding hydrogens is 423 g/mol. The molecule has 6 nitrogen and oxygen atoms in total. The first-order chi connectivity index (χ1) is 8.20. The Balaban J connectivity index is 3.29. The van der Waals surface area contributed by atoms with Gasteiger partial charge in [-0.05, 0) is 0 Å². The molecule has 2 atom stereocenters. The van der Waals surface area contributed by atoms with Gasteiger partial charge in [-0.15, -0.1) is 0 Å². The van der Waals surface area contributed by atoms with Gasteiger partial charge in [0, 0.05) is 0 Å².